The zero-order chi connectivity index (χ0) is 12.6. The van der Waals surface area contributed by atoms with Gasteiger partial charge in [0, 0.05) is 5.56 Å². The van der Waals surface area contributed by atoms with Crippen LogP contribution >= 0.6 is 0 Å². The summed E-state index contributed by atoms with van der Waals surface area (Å²) in [6.45, 7) is 3.52. The number of ether oxygens (including phenoxy) is 1. The molecular weight excluding hydrogens is 213 g/mol. The molecule has 1 aliphatic heterocycles. The average Bonchev–Trinajstić information content (AvgIpc) is 2.53. The van der Waals surface area contributed by atoms with Crippen LogP contribution in [0, 0.1) is 11.3 Å². The van der Waals surface area contributed by atoms with Gasteiger partial charge >= 0.3 is 0 Å². The highest BCUT2D eigenvalue weighted by molar-refractivity contribution is 6.42. The molecule has 0 bridgehead atoms. The van der Waals surface area contributed by atoms with Crippen LogP contribution in [0.15, 0.2) is 29.7 Å². The Morgan fingerprint density at radius 1 is 1.29 bits per heavy atom. The first-order chi connectivity index (χ1) is 7.95. The highest BCUT2D eigenvalue weighted by Gasteiger charge is 2.39. The van der Waals surface area contributed by atoms with Gasteiger partial charge in [0.1, 0.15) is 13.6 Å². The quantitative estimate of drug-likeness (QED) is 0.675. The Labute approximate surface area is 101 Å². The molecule has 4 heteroatoms. The van der Waals surface area contributed by atoms with E-state index in [1.54, 1.807) is 46.0 Å². The first-order valence-corrected chi connectivity index (χ1v) is 5.41. The molecule has 1 aromatic rings. The van der Waals surface area contributed by atoms with Crippen LogP contribution in [-0.4, -0.2) is 19.2 Å². The second-order valence-electron chi connectivity index (χ2n) is 4.58. The lowest BCUT2D eigenvalue weighted by atomic mass is 9.85. The molecule has 17 heavy (non-hydrogen) atoms. The van der Waals surface area contributed by atoms with Crippen molar-refractivity contribution in [2.24, 2.45) is 0 Å². The Balaban J connectivity index is 2.42. The lowest BCUT2D eigenvalue weighted by molar-refractivity contribution is -0.126. The second kappa shape index (κ2) is 3.78. The SMILES string of the molecule is BC1=C(c2ccc(C#N)cc2)OC(C)(C)C1=O. The van der Waals surface area contributed by atoms with Gasteiger partial charge in [-0.05, 0) is 43.6 Å². The summed E-state index contributed by atoms with van der Waals surface area (Å²) in [4.78, 5) is 11.9. The molecule has 84 valence electrons. The summed E-state index contributed by atoms with van der Waals surface area (Å²) in [6, 6.07) is 9.09. The van der Waals surface area contributed by atoms with Gasteiger partial charge in [-0.1, -0.05) is 0 Å². The monoisotopic (exact) mass is 225 g/mol. The molecule has 0 radical (unpaired) electrons. The van der Waals surface area contributed by atoms with Crippen LogP contribution in [0.1, 0.15) is 25.0 Å². The molecule has 1 heterocycles. The number of hydrogen-bond acceptors (Lipinski definition) is 3. The fraction of sp³-hybridized carbons (Fsp3) is 0.231. The van der Waals surface area contributed by atoms with E-state index in [4.69, 9.17) is 10.00 Å². The van der Waals surface area contributed by atoms with Crippen molar-refractivity contribution in [3.05, 3.63) is 40.9 Å². The van der Waals surface area contributed by atoms with Crippen molar-refractivity contribution in [1.82, 2.24) is 0 Å². The molecule has 0 saturated heterocycles. The summed E-state index contributed by atoms with van der Waals surface area (Å²) in [5, 5.41) is 8.72. The van der Waals surface area contributed by atoms with Crippen molar-refractivity contribution in [3.63, 3.8) is 0 Å². The number of rotatable bonds is 1. The number of hydrogen-bond donors (Lipinski definition) is 0. The summed E-state index contributed by atoms with van der Waals surface area (Å²) in [7, 11) is 1.77. The van der Waals surface area contributed by atoms with Gasteiger partial charge in [-0.2, -0.15) is 5.26 Å². The molecule has 1 aromatic carbocycles. The van der Waals surface area contributed by atoms with E-state index in [1.165, 1.54) is 0 Å². The number of ketones is 1. The minimum Gasteiger partial charge on any atom is -0.480 e. The second-order valence-corrected chi connectivity index (χ2v) is 4.58. The fourth-order valence-corrected chi connectivity index (χ4v) is 1.90. The van der Waals surface area contributed by atoms with Gasteiger partial charge in [0.25, 0.3) is 0 Å². The molecule has 3 nitrogen and oxygen atoms in total. The molecule has 0 amide bonds. The van der Waals surface area contributed by atoms with Crippen molar-refractivity contribution < 1.29 is 9.53 Å². The number of nitriles is 1. The fourth-order valence-electron chi connectivity index (χ4n) is 1.90. The molecule has 1 aliphatic rings. The van der Waals surface area contributed by atoms with Crippen LogP contribution in [0.25, 0.3) is 5.76 Å². The molecule has 0 aromatic heterocycles. The van der Waals surface area contributed by atoms with Crippen LogP contribution < -0.4 is 0 Å². The largest absolute Gasteiger partial charge is 0.480 e. The molecule has 2 rings (SSSR count). The number of nitrogens with zero attached hydrogens (tertiary/aromatic N) is 1. The maximum atomic E-state index is 11.9. The molecular formula is C13H12BNO2. The number of carbonyl (C=O) groups excluding carboxylic acids is 1. The summed E-state index contributed by atoms with van der Waals surface area (Å²) < 4.78 is 5.68. The summed E-state index contributed by atoms with van der Waals surface area (Å²) >= 11 is 0. The van der Waals surface area contributed by atoms with Gasteiger partial charge < -0.3 is 4.74 Å². The van der Waals surface area contributed by atoms with Crippen LogP contribution in [0.4, 0.5) is 0 Å². The Hall–Kier alpha value is -2.02. The van der Waals surface area contributed by atoms with Crippen molar-refractivity contribution in [3.8, 4) is 6.07 Å². The highest BCUT2D eigenvalue weighted by Crippen LogP contribution is 2.34. The molecule has 0 fully saturated rings. The maximum Gasteiger partial charge on any atom is 0.195 e. The van der Waals surface area contributed by atoms with Crippen molar-refractivity contribution >= 4 is 19.4 Å². The van der Waals surface area contributed by atoms with E-state index < -0.39 is 5.60 Å². The van der Waals surface area contributed by atoms with E-state index in [2.05, 4.69) is 6.07 Å². The normalized spacial score (nSPS) is 17.8. The van der Waals surface area contributed by atoms with E-state index in [-0.39, 0.29) is 5.78 Å². The van der Waals surface area contributed by atoms with Gasteiger partial charge in [0.15, 0.2) is 11.4 Å². The lowest BCUT2D eigenvalue weighted by Crippen LogP contribution is -2.29. The Morgan fingerprint density at radius 2 is 1.88 bits per heavy atom. The predicted molar refractivity (Wildman–Crippen MR) is 66.8 cm³/mol. The van der Waals surface area contributed by atoms with Crippen LogP contribution in [-0.2, 0) is 9.53 Å². The van der Waals surface area contributed by atoms with Crippen molar-refractivity contribution in [2.45, 2.75) is 19.4 Å². The zero-order valence-corrected chi connectivity index (χ0v) is 10.1. The van der Waals surface area contributed by atoms with Gasteiger partial charge in [-0.15, -0.1) is 0 Å². The van der Waals surface area contributed by atoms with Gasteiger partial charge in [0.2, 0.25) is 0 Å². The predicted octanol–water partition coefficient (Wildman–Crippen LogP) is 1.24. The highest BCUT2D eigenvalue weighted by atomic mass is 16.5. The number of Topliss-reactive ketones (excluding diaryl/α,β-unsaturated/α-hetero) is 1. The molecule has 0 unspecified atom stereocenters. The Bertz CT molecular complexity index is 550. The molecule has 0 spiro atoms. The minimum absolute atomic E-state index is 0.0110. The molecule has 0 saturated carbocycles. The zero-order valence-electron chi connectivity index (χ0n) is 10.1. The Morgan fingerprint density at radius 3 is 2.29 bits per heavy atom. The first-order valence-electron chi connectivity index (χ1n) is 5.41. The minimum atomic E-state index is -0.784. The van der Waals surface area contributed by atoms with Crippen LogP contribution in [0.3, 0.4) is 0 Å². The summed E-state index contributed by atoms with van der Waals surface area (Å²) in [5.74, 6) is 0.626. The van der Waals surface area contributed by atoms with E-state index in [1.807, 2.05) is 0 Å². The smallest absolute Gasteiger partial charge is 0.195 e. The van der Waals surface area contributed by atoms with Gasteiger partial charge in [-0.3, -0.25) is 4.79 Å². The summed E-state index contributed by atoms with van der Waals surface area (Å²) in [5.41, 5.74) is 1.28. The topological polar surface area (TPSA) is 50.1 Å². The molecule has 0 atom stereocenters. The summed E-state index contributed by atoms with van der Waals surface area (Å²) in [6.07, 6.45) is 0. The lowest BCUT2D eigenvalue weighted by Gasteiger charge is -2.18. The third kappa shape index (κ3) is 1.85. The van der Waals surface area contributed by atoms with Crippen molar-refractivity contribution in [2.75, 3.05) is 0 Å². The number of benzene rings is 1. The Kier molecular flexibility index (Phi) is 2.55. The van der Waals surface area contributed by atoms with E-state index in [0.29, 0.717) is 16.8 Å². The van der Waals surface area contributed by atoms with E-state index in [0.717, 1.165) is 5.56 Å². The van der Waals surface area contributed by atoms with Crippen LogP contribution in [0.2, 0.25) is 0 Å². The van der Waals surface area contributed by atoms with Gasteiger partial charge in [0.05, 0.1) is 11.6 Å². The first kappa shape index (κ1) is 11.5. The van der Waals surface area contributed by atoms with E-state index >= 15 is 0 Å². The van der Waals surface area contributed by atoms with E-state index in [9.17, 15) is 4.79 Å². The maximum absolute atomic E-state index is 11.9. The standard InChI is InChI=1S/C13H12BNO2/c1-13(2)12(16)10(14)11(17-13)9-5-3-8(7-15)4-6-9/h3-6H,14H2,1-2H3. The van der Waals surface area contributed by atoms with Gasteiger partial charge in [-0.25, -0.2) is 0 Å². The van der Waals surface area contributed by atoms with Crippen molar-refractivity contribution in [1.29, 1.82) is 5.26 Å². The third-order valence-corrected chi connectivity index (χ3v) is 2.86. The number of carbonyl (C=O) groups is 1. The third-order valence-electron chi connectivity index (χ3n) is 2.86. The average molecular weight is 225 g/mol. The molecule has 0 N–H and O–H groups in total. The van der Waals surface area contributed by atoms with Crippen LogP contribution in [0.5, 0.6) is 0 Å². The molecule has 0 aliphatic carbocycles.